The molecule has 100 valence electrons. The molecule has 0 aromatic heterocycles. The van der Waals surface area contributed by atoms with Gasteiger partial charge in [-0.15, -0.1) is 0 Å². The Hall–Kier alpha value is -1.02. The van der Waals surface area contributed by atoms with Crippen LogP contribution in [0.25, 0.3) is 0 Å². The third-order valence-electron chi connectivity index (χ3n) is 3.62. The topological polar surface area (TPSA) is 29.5 Å². The van der Waals surface area contributed by atoms with Crippen LogP contribution in [-0.2, 0) is 0 Å². The minimum Gasteiger partial charge on any atom is -0.491 e. The molecule has 1 aliphatic carbocycles. The summed E-state index contributed by atoms with van der Waals surface area (Å²) in [6, 6.07) is 8.40. The number of ether oxygens (including phenoxy) is 1. The first kappa shape index (κ1) is 13.4. The predicted molar refractivity (Wildman–Crippen MR) is 74.0 cm³/mol. The number of rotatable bonds is 3. The fraction of sp³-hybridized carbons (Fsp3) is 0.625. The van der Waals surface area contributed by atoms with E-state index in [-0.39, 0.29) is 12.2 Å². The van der Waals surface area contributed by atoms with E-state index in [9.17, 15) is 5.11 Å². The average molecular weight is 248 g/mol. The van der Waals surface area contributed by atoms with E-state index in [2.05, 4.69) is 12.1 Å². The third kappa shape index (κ3) is 3.74. The van der Waals surface area contributed by atoms with E-state index in [4.69, 9.17) is 4.74 Å². The Balaban J connectivity index is 2.03. The highest BCUT2D eigenvalue weighted by molar-refractivity contribution is 5.29. The van der Waals surface area contributed by atoms with Crippen LogP contribution in [0.15, 0.2) is 24.3 Å². The van der Waals surface area contributed by atoms with E-state index in [0.717, 1.165) is 25.0 Å². The van der Waals surface area contributed by atoms with E-state index in [1.165, 1.54) is 18.4 Å². The summed E-state index contributed by atoms with van der Waals surface area (Å²) in [7, 11) is 0. The van der Waals surface area contributed by atoms with Gasteiger partial charge in [0.05, 0.1) is 12.2 Å². The molecule has 0 spiro atoms. The summed E-state index contributed by atoms with van der Waals surface area (Å²) >= 11 is 0. The Morgan fingerprint density at radius 1 is 1.11 bits per heavy atom. The van der Waals surface area contributed by atoms with Gasteiger partial charge >= 0.3 is 0 Å². The van der Waals surface area contributed by atoms with Crippen molar-refractivity contribution in [1.82, 2.24) is 0 Å². The van der Waals surface area contributed by atoms with Crippen molar-refractivity contribution >= 4 is 0 Å². The van der Waals surface area contributed by atoms with Crippen LogP contribution >= 0.6 is 0 Å². The van der Waals surface area contributed by atoms with E-state index < -0.39 is 0 Å². The fourth-order valence-corrected chi connectivity index (χ4v) is 2.73. The molecule has 1 aromatic rings. The van der Waals surface area contributed by atoms with Crippen molar-refractivity contribution < 1.29 is 9.84 Å². The number of hydrogen-bond acceptors (Lipinski definition) is 2. The maximum atomic E-state index is 9.87. The molecule has 2 nitrogen and oxygen atoms in total. The van der Waals surface area contributed by atoms with Gasteiger partial charge in [-0.1, -0.05) is 25.0 Å². The van der Waals surface area contributed by atoms with Crippen molar-refractivity contribution in [2.45, 2.75) is 64.1 Å². The molecular weight excluding hydrogens is 224 g/mol. The van der Waals surface area contributed by atoms with Gasteiger partial charge < -0.3 is 9.84 Å². The van der Waals surface area contributed by atoms with Crippen molar-refractivity contribution in [1.29, 1.82) is 0 Å². The molecule has 0 heterocycles. The van der Waals surface area contributed by atoms with Crippen LogP contribution in [0, 0.1) is 0 Å². The molecule has 1 saturated carbocycles. The van der Waals surface area contributed by atoms with Crippen LogP contribution in [0.5, 0.6) is 5.75 Å². The maximum Gasteiger partial charge on any atom is 0.119 e. The van der Waals surface area contributed by atoms with Gasteiger partial charge in [0.1, 0.15) is 5.75 Å². The number of hydrogen-bond donors (Lipinski definition) is 1. The summed E-state index contributed by atoms with van der Waals surface area (Å²) in [5.41, 5.74) is 1.34. The standard InChI is InChI=1S/C16H24O2/c1-12(2)18-16-9-7-13(8-10-16)14-5-3-4-6-15(17)11-14/h7-10,12,14-15,17H,3-6,11H2,1-2H3. The molecule has 1 fully saturated rings. The molecule has 0 radical (unpaired) electrons. The van der Waals surface area contributed by atoms with Crippen molar-refractivity contribution in [3.8, 4) is 5.75 Å². The molecule has 18 heavy (non-hydrogen) atoms. The summed E-state index contributed by atoms with van der Waals surface area (Å²) in [4.78, 5) is 0. The molecule has 2 atom stereocenters. The van der Waals surface area contributed by atoms with Gasteiger partial charge in [-0.3, -0.25) is 0 Å². The molecule has 1 aliphatic rings. The quantitative estimate of drug-likeness (QED) is 0.822. The highest BCUT2D eigenvalue weighted by atomic mass is 16.5. The summed E-state index contributed by atoms with van der Waals surface area (Å²) in [5.74, 6) is 1.44. The van der Waals surface area contributed by atoms with Gasteiger partial charge in [0.25, 0.3) is 0 Å². The minimum atomic E-state index is -0.121. The first-order valence-corrected chi connectivity index (χ1v) is 7.10. The molecule has 2 heteroatoms. The van der Waals surface area contributed by atoms with Crippen LogP contribution in [0.2, 0.25) is 0 Å². The lowest BCUT2D eigenvalue weighted by atomic mass is 9.91. The number of aliphatic hydroxyl groups is 1. The Morgan fingerprint density at radius 2 is 1.78 bits per heavy atom. The lowest BCUT2D eigenvalue weighted by Crippen LogP contribution is -2.09. The van der Waals surface area contributed by atoms with Crippen LogP contribution in [0.1, 0.15) is 57.4 Å². The van der Waals surface area contributed by atoms with Crippen LogP contribution in [0.3, 0.4) is 0 Å². The monoisotopic (exact) mass is 248 g/mol. The minimum absolute atomic E-state index is 0.121. The molecule has 0 saturated heterocycles. The average Bonchev–Trinajstić information content (AvgIpc) is 2.54. The van der Waals surface area contributed by atoms with Gasteiger partial charge in [-0.25, -0.2) is 0 Å². The predicted octanol–water partition coefficient (Wildman–Crippen LogP) is 3.88. The molecule has 1 N–H and O–H groups in total. The second-order valence-corrected chi connectivity index (χ2v) is 5.61. The van der Waals surface area contributed by atoms with Crippen molar-refractivity contribution in [2.24, 2.45) is 0 Å². The SMILES string of the molecule is CC(C)Oc1ccc(C2CCCCC(O)C2)cc1. The normalized spacial score (nSPS) is 24.9. The first-order chi connectivity index (χ1) is 8.65. The molecule has 2 rings (SSSR count). The Labute approximate surface area is 110 Å². The van der Waals surface area contributed by atoms with E-state index in [1.54, 1.807) is 0 Å². The van der Waals surface area contributed by atoms with Gasteiger partial charge in [0, 0.05) is 0 Å². The largest absolute Gasteiger partial charge is 0.491 e. The Kier molecular flexibility index (Phi) is 4.65. The molecule has 1 aromatic carbocycles. The lowest BCUT2D eigenvalue weighted by molar-refractivity contribution is 0.152. The zero-order chi connectivity index (χ0) is 13.0. The highest BCUT2D eigenvalue weighted by Gasteiger charge is 2.19. The summed E-state index contributed by atoms with van der Waals surface area (Å²) in [5, 5.41) is 9.87. The first-order valence-electron chi connectivity index (χ1n) is 7.10. The highest BCUT2D eigenvalue weighted by Crippen LogP contribution is 2.32. The summed E-state index contributed by atoms with van der Waals surface area (Å²) in [6.45, 7) is 4.07. The molecule has 2 unspecified atom stereocenters. The van der Waals surface area contributed by atoms with Crippen LogP contribution in [0.4, 0.5) is 0 Å². The van der Waals surface area contributed by atoms with E-state index >= 15 is 0 Å². The number of aliphatic hydroxyl groups excluding tert-OH is 1. The van der Waals surface area contributed by atoms with Gasteiger partial charge in [-0.2, -0.15) is 0 Å². The summed E-state index contributed by atoms with van der Waals surface area (Å²) < 4.78 is 5.65. The molecule has 0 bridgehead atoms. The lowest BCUT2D eigenvalue weighted by Gasteiger charge is -2.17. The van der Waals surface area contributed by atoms with Crippen LogP contribution in [-0.4, -0.2) is 17.3 Å². The zero-order valence-corrected chi connectivity index (χ0v) is 11.4. The smallest absolute Gasteiger partial charge is 0.119 e. The molecule has 0 amide bonds. The van der Waals surface area contributed by atoms with Gasteiger partial charge in [-0.05, 0) is 56.7 Å². The van der Waals surface area contributed by atoms with Crippen molar-refractivity contribution in [3.63, 3.8) is 0 Å². The van der Waals surface area contributed by atoms with Crippen LogP contribution < -0.4 is 4.74 Å². The van der Waals surface area contributed by atoms with Crippen molar-refractivity contribution in [2.75, 3.05) is 0 Å². The summed E-state index contributed by atoms with van der Waals surface area (Å²) in [6.07, 6.45) is 5.55. The second kappa shape index (κ2) is 6.24. The zero-order valence-electron chi connectivity index (χ0n) is 11.4. The van der Waals surface area contributed by atoms with Gasteiger partial charge in [0.15, 0.2) is 0 Å². The Bertz CT molecular complexity index is 356. The van der Waals surface area contributed by atoms with Gasteiger partial charge in [0.2, 0.25) is 0 Å². The Morgan fingerprint density at radius 3 is 2.44 bits per heavy atom. The second-order valence-electron chi connectivity index (χ2n) is 5.61. The molecular formula is C16H24O2. The third-order valence-corrected chi connectivity index (χ3v) is 3.62. The van der Waals surface area contributed by atoms with Crippen molar-refractivity contribution in [3.05, 3.63) is 29.8 Å². The van der Waals surface area contributed by atoms with E-state index in [0.29, 0.717) is 5.92 Å². The number of benzene rings is 1. The van der Waals surface area contributed by atoms with E-state index in [1.807, 2.05) is 26.0 Å². The maximum absolute atomic E-state index is 9.87. The fourth-order valence-electron chi connectivity index (χ4n) is 2.73. The molecule has 0 aliphatic heterocycles.